The normalized spacial score (nSPS) is 12.2. The third-order valence-corrected chi connectivity index (χ3v) is 3.96. The molecule has 1 atom stereocenters. The fourth-order valence-electron chi connectivity index (χ4n) is 2.38. The van der Waals surface area contributed by atoms with Crippen molar-refractivity contribution < 1.29 is 0 Å². The van der Waals surface area contributed by atoms with E-state index >= 15 is 0 Å². The lowest BCUT2D eigenvalue weighted by Gasteiger charge is -2.26. The number of para-hydroxylation sites is 1. The molecule has 3 heteroatoms. The van der Waals surface area contributed by atoms with Crippen molar-refractivity contribution in [1.29, 1.82) is 0 Å². The van der Waals surface area contributed by atoms with E-state index in [1.165, 1.54) is 16.9 Å². The van der Waals surface area contributed by atoms with Gasteiger partial charge in [0.05, 0.1) is 0 Å². The lowest BCUT2D eigenvalue weighted by molar-refractivity contribution is 0.598. The van der Waals surface area contributed by atoms with Gasteiger partial charge in [-0.1, -0.05) is 41.1 Å². The van der Waals surface area contributed by atoms with Crippen LogP contribution in [0, 0.1) is 0 Å². The molecule has 0 aromatic heterocycles. The molecule has 1 unspecified atom stereocenters. The zero-order valence-electron chi connectivity index (χ0n) is 12.2. The summed E-state index contributed by atoms with van der Waals surface area (Å²) in [4.78, 5) is 2.23. The average molecular weight is 333 g/mol. The summed E-state index contributed by atoms with van der Waals surface area (Å²) in [6.45, 7) is 5.30. The Morgan fingerprint density at radius 3 is 2.50 bits per heavy atom. The number of anilines is 2. The molecule has 2 aromatic rings. The summed E-state index contributed by atoms with van der Waals surface area (Å²) in [6, 6.07) is 17.2. The van der Waals surface area contributed by atoms with E-state index < -0.39 is 0 Å². The van der Waals surface area contributed by atoms with Gasteiger partial charge in [0.1, 0.15) is 0 Å². The molecule has 2 rings (SSSR count). The average Bonchev–Trinajstić information content (AvgIpc) is 2.47. The maximum absolute atomic E-state index is 3.57. The zero-order valence-corrected chi connectivity index (χ0v) is 13.8. The number of benzene rings is 2. The Morgan fingerprint density at radius 1 is 1.15 bits per heavy atom. The third-order valence-electron chi connectivity index (χ3n) is 3.47. The SMILES string of the molecule is CCNC(C)c1cc(Br)ccc1N(C)c1ccccc1. The summed E-state index contributed by atoms with van der Waals surface area (Å²) >= 11 is 3.57. The lowest BCUT2D eigenvalue weighted by Crippen LogP contribution is -2.21. The van der Waals surface area contributed by atoms with Gasteiger partial charge in [-0.05, 0) is 49.4 Å². The molecule has 2 nitrogen and oxygen atoms in total. The van der Waals surface area contributed by atoms with E-state index in [0.29, 0.717) is 6.04 Å². The molecule has 0 amide bonds. The summed E-state index contributed by atoms with van der Waals surface area (Å²) in [6.07, 6.45) is 0. The highest BCUT2D eigenvalue weighted by molar-refractivity contribution is 9.10. The monoisotopic (exact) mass is 332 g/mol. The highest BCUT2D eigenvalue weighted by Gasteiger charge is 2.14. The van der Waals surface area contributed by atoms with Crippen molar-refractivity contribution in [3.63, 3.8) is 0 Å². The highest BCUT2D eigenvalue weighted by atomic mass is 79.9. The maximum atomic E-state index is 3.57. The van der Waals surface area contributed by atoms with Crippen molar-refractivity contribution in [2.45, 2.75) is 19.9 Å². The lowest BCUT2D eigenvalue weighted by atomic mass is 10.0. The van der Waals surface area contributed by atoms with Crippen LogP contribution in [0.2, 0.25) is 0 Å². The number of halogens is 1. The summed E-state index contributed by atoms with van der Waals surface area (Å²) in [7, 11) is 2.11. The maximum Gasteiger partial charge on any atom is 0.0457 e. The summed E-state index contributed by atoms with van der Waals surface area (Å²) < 4.78 is 1.11. The number of rotatable bonds is 5. The molecule has 0 bridgehead atoms. The van der Waals surface area contributed by atoms with Crippen LogP contribution in [0.3, 0.4) is 0 Å². The van der Waals surface area contributed by atoms with Gasteiger partial charge in [-0.15, -0.1) is 0 Å². The highest BCUT2D eigenvalue weighted by Crippen LogP contribution is 2.32. The first-order valence-corrected chi connectivity index (χ1v) is 7.74. The number of nitrogens with zero attached hydrogens (tertiary/aromatic N) is 1. The van der Waals surface area contributed by atoms with Gasteiger partial charge in [-0.25, -0.2) is 0 Å². The molecular weight excluding hydrogens is 312 g/mol. The molecule has 0 aliphatic carbocycles. The Bertz CT molecular complexity index is 554. The standard InChI is InChI=1S/C17H21BrN2/c1-4-19-13(2)16-12-14(18)10-11-17(16)20(3)15-8-6-5-7-9-15/h5-13,19H,4H2,1-3H3. The van der Waals surface area contributed by atoms with E-state index in [1.54, 1.807) is 0 Å². The van der Waals surface area contributed by atoms with Crippen LogP contribution in [0.4, 0.5) is 11.4 Å². The molecule has 0 spiro atoms. The fourth-order valence-corrected chi connectivity index (χ4v) is 2.76. The molecule has 106 valence electrons. The van der Waals surface area contributed by atoms with Crippen molar-refractivity contribution in [3.8, 4) is 0 Å². The van der Waals surface area contributed by atoms with Gasteiger partial charge in [0, 0.05) is 28.9 Å². The van der Waals surface area contributed by atoms with Gasteiger partial charge in [0.15, 0.2) is 0 Å². The van der Waals surface area contributed by atoms with Crippen LogP contribution in [0.25, 0.3) is 0 Å². The molecular formula is C17H21BrN2. The Hall–Kier alpha value is -1.32. The molecule has 0 saturated heterocycles. The zero-order chi connectivity index (χ0) is 14.5. The minimum Gasteiger partial charge on any atom is -0.344 e. The predicted molar refractivity (Wildman–Crippen MR) is 90.7 cm³/mol. The molecule has 20 heavy (non-hydrogen) atoms. The van der Waals surface area contributed by atoms with Crippen molar-refractivity contribution >= 4 is 27.3 Å². The largest absolute Gasteiger partial charge is 0.344 e. The van der Waals surface area contributed by atoms with E-state index in [9.17, 15) is 0 Å². The molecule has 1 N–H and O–H groups in total. The molecule has 0 radical (unpaired) electrons. The fraction of sp³-hybridized carbons (Fsp3) is 0.294. The van der Waals surface area contributed by atoms with Gasteiger partial charge < -0.3 is 10.2 Å². The van der Waals surface area contributed by atoms with Crippen molar-refractivity contribution in [1.82, 2.24) is 5.32 Å². The van der Waals surface area contributed by atoms with Crippen LogP contribution in [0.15, 0.2) is 53.0 Å². The van der Waals surface area contributed by atoms with Crippen LogP contribution in [-0.2, 0) is 0 Å². The smallest absolute Gasteiger partial charge is 0.0457 e. The minimum absolute atomic E-state index is 0.318. The van der Waals surface area contributed by atoms with Crippen LogP contribution in [0.5, 0.6) is 0 Å². The molecule has 0 aliphatic heterocycles. The van der Waals surface area contributed by atoms with Crippen LogP contribution in [0.1, 0.15) is 25.5 Å². The van der Waals surface area contributed by atoms with Crippen LogP contribution in [-0.4, -0.2) is 13.6 Å². The number of nitrogens with one attached hydrogen (secondary N) is 1. The van der Waals surface area contributed by atoms with Crippen LogP contribution < -0.4 is 10.2 Å². The third kappa shape index (κ3) is 3.41. The second kappa shape index (κ2) is 6.91. The number of hydrogen-bond acceptors (Lipinski definition) is 2. The van der Waals surface area contributed by atoms with E-state index in [2.05, 4.69) is 89.5 Å². The molecule has 2 aromatic carbocycles. The van der Waals surface area contributed by atoms with Gasteiger partial charge >= 0.3 is 0 Å². The predicted octanol–water partition coefficient (Wildman–Crippen LogP) is 4.89. The van der Waals surface area contributed by atoms with Crippen molar-refractivity contribution in [3.05, 3.63) is 58.6 Å². The summed E-state index contributed by atoms with van der Waals surface area (Å²) in [5.41, 5.74) is 3.72. The first-order valence-electron chi connectivity index (χ1n) is 6.95. The van der Waals surface area contributed by atoms with Gasteiger partial charge in [-0.3, -0.25) is 0 Å². The Labute approximate surface area is 129 Å². The Morgan fingerprint density at radius 2 is 1.85 bits per heavy atom. The molecule has 0 aliphatic rings. The van der Waals surface area contributed by atoms with E-state index in [0.717, 1.165) is 11.0 Å². The van der Waals surface area contributed by atoms with Crippen LogP contribution >= 0.6 is 15.9 Å². The first kappa shape index (κ1) is 15.1. The Kier molecular flexibility index (Phi) is 5.21. The topological polar surface area (TPSA) is 15.3 Å². The van der Waals surface area contributed by atoms with E-state index in [4.69, 9.17) is 0 Å². The summed E-state index contributed by atoms with van der Waals surface area (Å²) in [5.74, 6) is 0. The number of hydrogen-bond donors (Lipinski definition) is 1. The molecule has 0 fully saturated rings. The van der Waals surface area contributed by atoms with E-state index in [1.807, 2.05) is 6.07 Å². The van der Waals surface area contributed by atoms with E-state index in [-0.39, 0.29) is 0 Å². The molecule has 0 saturated carbocycles. The van der Waals surface area contributed by atoms with Gasteiger partial charge in [-0.2, -0.15) is 0 Å². The molecule has 0 heterocycles. The second-order valence-corrected chi connectivity index (χ2v) is 5.79. The summed E-state index contributed by atoms with van der Waals surface area (Å²) in [5, 5.41) is 3.49. The van der Waals surface area contributed by atoms with Crippen molar-refractivity contribution in [2.75, 3.05) is 18.5 Å². The van der Waals surface area contributed by atoms with Crippen molar-refractivity contribution in [2.24, 2.45) is 0 Å². The Balaban J connectivity index is 2.40. The second-order valence-electron chi connectivity index (χ2n) is 4.88. The first-order chi connectivity index (χ1) is 9.63. The minimum atomic E-state index is 0.318. The quantitative estimate of drug-likeness (QED) is 0.838. The van der Waals surface area contributed by atoms with Gasteiger partial charge in [0.25, 0.3) is 0 Å². The van der Waals surface area contributed by atoms with Gasteiger partial charge in [0.2, 0.25) is 0 Å².